The summed E-state index contributed by atoms with van der Waals surface area (Å²) in [6.07, 6.45) is 1.03. The van der Waals surface area contributed by atoms with Gasteiger partial charge in [0.1, 0.15) is 0 Å². The van der Waals surface area contributed by atoms with Crippen LogP contribution in [0.25, 0.3) is 0 Å². The average Bonchev–Trinajstić information content (AvgIpc) is 2.51. The first kappa shape index (κ1) is 11.9. The molecule has 0 unspecified atom stereocenters. The van der Waals surface area contributed by atoms with Crippen molar-refractivity contribution in [3.63, 3.8) is 0 Å². The third-order valence-electron chi connectivity index (χ3n) is 1.34. The zero-order valence-corrected chi connectivity index (χ0v) is 10.0. The number of aromatic nitrogens is 2. The lowest BCUT2D eigenvalue weighted by Gasteiger charge is -2.08. The quantitative estimate of drug-likeness (QED) is 0.748. The van der Waals surface area contributed by atoms with Crippen molar-refractivity contribution in [3.05, 3.63) is 0 Å². The van der Waals surface area contributed by atoms with Crippen LogP contribution >= 0.6 is 11.3 Å². The van der Waals surface area contributed by atoms with E-state index >= 15 is 0 Å². The Morgan fingerprint density at radius 3 is 2.40 bits per heavy atom. The summed E-state index contributed by atoms with van der Waals surface area (Å²) in [5.41, 5.74) is 0. The van der Waals surface area contributed by atoms with Crippen LogP contribution in [0.15, 0.2) is 4.34 Å². The van der Waals surface area contributed by atoms with E-state index in [0.717, 1.165) is 17.6 Å². The van der Waals surface area contributed by atoms with Crippen molar-refractivity contribution in [2.24, 2.45) is 0 Å². The van der Waals surface area contributed by atoms with Gasteiger partial charge in [-0.15, -0.1) is 10.2 Å². The fraction of sp³-hybridized carbons (Fsp3) is 0.500. The summed E-state index contributed by atoms with van der Waals surface area (Å²) in [7, 11) is -0.231. The Labute approximate surface area is 91.0 Å². The summed E-state index contributed by atoms with van der Waals surface area (Å²) in [6.45, 7) is 0. The topological polar surface area (TPSA) is 92.3 Å². The fourth-order valence-electron chi connectivity index (χ4n) is 0.613. The molecule has 84 valence electrons. The number of carbonyl (C=O) groups is 1. The Balaban J connectivity index is 2.83. The second-order valence-corrected chi connectivity index (χ2v) is 6.14. The molecule has 1 aromatic heterocycles. The van der Waals surface area contributed by atoms with E-state index in [4.69, 9.17) is 0 Å². The molecule has 2 amide bonds. The van der Waals surface area contributed by atoms with E-state index in [0.29, 0.717) is 0 Å². The van der Waals surface area contributed by atoms with E-state index in [2.05, 4.69) is 15.5 Å². The number of rotatable bonds is 2. The van der Waals surface area contributed by atoms with Gasteiger partial charge in [-0.1, -0.05) is 11.3 Å². The molecule has 0 aromatic carbocycles. The Kier molecular flexibility index (Phi) is 3.25. The number of amides is 2. The van der Waals surface area contributed by atoms with Gasteiger partial charge in [0.25, 0.3) is 0 Å². The largest absolute Gasteiger partial charge is 0.331 e. The van der Waals surface area contributed by atoms with E-state index in [1.54, 1.807) is 14.1 Å². The van der Waals surface area contributed by atoms with Crippen molar-refractivity contribution >= 4 is 32.3 Å². The zero-order valence-electron chi connectivity index (χ0n) is 8.38. The van der Waals surface area contributed by atoms with E-state index in [1.807, 2.05) is 0 Å². The second kappa shape index (κ2) is 4.11. The number of sulfone groups is 1. The molecule has 1 rings (SSSR count). The highest BCUT2D eigenvalue weighted by molar-refractivity contribution is 7.92. The molecule has 0 saturated heterocycles. The maximum Gasteiger partial charge on any atom is 0.323 e. The van der Waals surface area contributed by atoms with Crippen molar-refractivity contribution in [2.75, 3.05) is 25.7 Å². The summed E-state index contributed by atoms with van der Waals surface area (Å²) in [6, 6.07) is -0.383. The van der Waals surface area contributed by atoms with Crippen LogP contribution in [0.2, 0.25) is 0 Å². The Bertz CT molecular complexity index is 464. The van der Waals surface area contributed by atoms with Gasteiger partial charge in [0.05, 0.1) is 0 Å². The first-order valence-corrected chi connectivity index (χ1v) is 6.53. The van der Waals surface area contributed by atoms with Gasteiger partial charge in [-0.05, 0) is 0 Å². The molecule has 0 saturated carbocycles. The summed E-state index contributed by atoms with van der Waals surface area (Å²) in [4.78, 5) is 12.5. The molecule has 7 nitrogen and oxygen atoms in total. The lowest BCUT2D eigenvalue weighted by Crippen LogP contribution is -2.27. The molecule has 0 atom stereocenters. The van der Waals surface area contributed by atoms with E-state index in [9.17, 15) is 13.2 Å². The summed E-state index contributed by atoms with van der Waals surface area (Å²) in [5.74, 6) is 0. The predicted molar refractivity (Wildman–Crippen MR) is 55.7 cm³/mol. The summed E-state index contributed by atoms with van der Waals surface area (Å²) >= 11 is 0.817. The number of carbonyl (C=O) groups excluding carboxylic acids is 1. The summed E-state index contributed by atoms with van der Waals surface area (Å²) < 4.78 is 22.0. The molecular weight excluding hydrogens is 240 g/mol. The number of anilines is 1. The Morgan fingerprint density at radius 1 is 1.40 bits per heavy atom. The zero-order chi connectivity index (χ0) is 11.6. The van der Waals surface area contributed by atoms with Crippen molar-refractivity contribution in [2.45, 2.75) is 4.34 Å². The van der Waals surface area contributed by atoms with Crippen LogP contribution in [-0.4, -0.2) is 49.9 Å². The number of hydrogen-bond donors (Lipinski definition) is 1. The third-order valence-corrected chi connectivity index (χ3v) is 3.85. The highest BCUT2D eigenvalue weighted by atomic mass is 32.2. The molecule has 0 bridgehead atoms. The molecule has 0 spiro atoms. The van der Waals surface area contributed by atoms with Gasteiger partial charge in [0, 0.05) is 20.4 Å². The predicted octanol–water partition coefficient (Wildman–Crippen LogP) is 0.0351. The van der Waals surface area contributed by atoms with Crippen LogP contribution in [0.3, 0.4) is 0 Å². The number of urea groups is 1. The monoisotopic (exact) mass is 250 g/mol. The Morgan fingerprint density at radius 2 is 2.00 bits per heavy atom. The minimum atomic E-state index is -3.36. The van der Waals surface area contributed by atoms with Gasteiger partial charge in [-0.2, -0.15) is 0 Å². The minimum Gasteiger partial charge on any atom is -0.331 e. The second-order valence-electron chi connectivity index (χ2n) is 2.97. The molecule has 0 aliphatic rings. The molecule has 1 heterocycles. The lowest BCUT2D eigenvalue weighted by atomic mass is 10.8. The van der Waals surface area contributed by atoms with Crippen LogP contribution in [0.5, 0.6) is 0 Å². The maximum atomic E-state index is 11.2. The molecule has 15 heavy (non-hydrogen) atoms. The standard InChI is InChI=1S/C6H10N4O3S2/c1-10(2)5(11)7-4-8-9-6(14-4)15(3,12)13/h1-3H3,(H,7,8,11). The van der Waals surface area contributed by atoms with Gasteiger partial charge in [-0.3, -0.25) is 5.32 Å². The first-order chi connectivity index (χ1) is 6.80. The van der Waals surface area contributed by atoms with Crippen molar-refractivity contribution < 1.29 is 13.2 Å². The lowest BCUT2D eigenvalue weighted by molar-refractivity contribution is 0.230. The van der Waals surface area contributed by atoms with E-state index in [1.165, 1.54) is 4.90 Å². The normalized spacial score (nSPS) is 11.1. The molecule has 0 aliphatic heterocycles. The van der Waals surface area contributed by atoms with Crippen LogP contribution < -0.4 is 5.32 Å². The smallest absolute Gasteiger partial charge is 0.323 e. The average molecular weight is 250 g/mol. The number of nitrogens with zero attached hydrogens (tertiary/aromatic N) is 3. The molecule has 1 aromatic rings. The van der Waals surface area contributed by atoms with Gasteiger partial charge >= 0.3 is 6.03 Å². The molecular formula is C6H10N4O3S2. The van der Waals surface area contributed by atoms with Crippen molar-refractivity contribution in [1.29, 1.82) is 0 Å². The highest BCUT2D eigenvalue weighted by Crippen LogP contribution is 2.19. The number of nitrogens with one attached hydrogen (secondary N) is 1. The van der Waals surface area contributed by atoms with Gasteiger partial charge in [-0.25, -0.2) is 13.2 Å². The number of hydrogen-bond acceptors (Lipinski definition) is 6. The van der Waals surface area contributed by atoms with Gasteiger partial charge in [0.15, 0.2) is 0 Å². The van der Waals surface area contributed by atoms with Gasteiger partial charge in [0.2, 0.25) is 19.3 Å². The SMILES string of the molecule is CN(C)C(=O)Nc1nnc(S(C)(=O)=O)s1. The fourth-order valence-corrected chi connectivity index (χ4v) is 2.11. The van der Waals surface area contributed by atoms with Crippen LogP contribution in [-0.2, 0) is 9.84 Å². The summed E-state index contributed by atoms with van der Waals surface area (Å²) in [5, 5.41) is 9.55. The molecule has 0 fully saturated rings. The highest BCUT2D eigenvalue weighted by Gasteiger charge is 2.15. The minimum absolute atomic E-state index is 0.114. The van der Waals surface area contributed by atoms with Crippen LogP contribution in [0, 0.1) is 0 Å². The molecule has 9 heteroatoms. The molecule has 1 N–H and O–H groups in total. The van der Waals surface area contributed by atoms with Crippen LogP contribution in [0.1, 0.15) is 0 Å². The van der Waals surface area contributed by atoms with Gasteiger partial charge < -0.3 is 4.90 Å². The molecule has 0 radical (unpaired) electrons. The van der Waals surface area contributed by atoms with Crippen LogP contribution in [0.4, 0.5) is 9.93 Å². The van der Waals surface area contributed by atoms with Crippen molar-refractivity contribution in [1.82, 2.24) is 15.1 Å². The van der Waals surface area contributed by atoms with Crippen molar-refractivity contribution in [3.8, 4) is 0 Å². The third kappa shape index (κ3) is 3.13. The maximum absolute atomic E-state index is 11.2. The van der Waals surface area contributed by atoms with E-state index in [-0.39, 0.29) is 15.5 Å². The first-order valence-electron chi connectivity index (χ1n) is 3.82. The molecule has 0 aliphatic carbocycles. The Hall–Kier alpha value is -1.22. The van der Waals surface area contributed by atoms with E-state index < -0.39 is 9.84 Å².